The summed E-state index contributed by atoms with van der Waals surface area (Å²) in [5, 5.41) is 8.51. The maximum absolute atomic E-state index is 12.0. The number of ether oxygens (including phenoxy) is 1. The molecule has 0 aliphatic carbocycles. The summed E-state index contributed by atoms with van der Waals surface area (Å²) in [4.78, 5) is 12.0. The van der Waals surface area contributed by atoms with Crippen molar-refractivity contribution in [1.82, 2.24) is 4.57 Å². The van der Waals surface area contributed by atoms with E-state index in [0.717, 1.165) is 22.4 Å². The second-order valence-corrected chi connectivity index (χ2v) is 4.69. The third-order valence-corrected chi connectivity index (χ3v) is 3.27. The zero-order chi connectivity index (χ0) is 14.7. The quantitative estimate of drug-likeness (QED) is 0.859. The molecule has 0 bridgehead atoms. The number of rotatable bonds is 3. The standard InChI is InChI=1S/C16H16N2O2/c1-11-4-7-15(18(3)16(11)19)14-6-5-13(10-12(14)2)20-9-8-17/h4-7,10H,9H2,1-3H3. The number of nitrogens with zero attached hydrogens (tertiary/aromatic N) is 2. The third-order valence-electron chi connectivity index (χ3n) is 3.27. The Labute approximate surface area is 117 Å². The van der Waals surface area contributed by atoms with Gasteiger partial charge >= 0.3 is 0 Å². The average Bonchev–Trinajstić information content (AvgIpc) is 2.44. The summed E-state index contributed by atoms with van der Waals surface area (Å²) >= 11 is 0. The second kappa shape index (κ2) is 5.62. The minimum Gasteiger partial charge on any atom is -0.479 e. The van der Waals surface area contributed by atoms with Crippen molar-refractivity contribution in [2.24, 2.45) is 7.05 Å². The third kappa shape index (κ3) is 2.57. The molecule has 4 nitrogen and oxygen atoms in total. The molecule has 0 aliphatic rings. The Hall–Kier alpha value is -2.54. The first-order chi connectivity index (χ1) is 9.54. The summed E-state index contributed by atoms with van der Waals surface area (Å²) < 4.78 is 6.92. The Morgan fingerprint density at radius 1 is 1.20 bits per heavy atom. The molecule has 1 aromatic heterocycles. The number of aromatic nitrogens is 1. The van der Waals surface area contributed by atoms with E-state index < -0.39 is 0 Å². The summed E-state index contributed by atoms with van der Waals surface area (Å²) in [6.45, 7) is 3.79. The second-order valence-electron chi connectivity index (χ2n) is 4.69. The normalized spacial score (nSPS) is 10.1. The van der Waals surface area contributed by atoms with Crippen molar-refractivity contribution < 1.29 is 4.74 Å². The van der Waals surface area contributed by atoms with Crippen LogP contribution >= 0.6 is 0 Å². The summed E-state index contributed by atoms with van der Waals surface area (Å²) in [6.07, 6.45) is 0. The molecule has 0 unspecified atom stereocenters. The Balaban J connectivity index is 2.47. The Morgan fingerprint density at radius 2 is 1.95 bits per heavy atom. The van der Waals surface area contributed by atoms with E-state index in [4.69, 9.17) is 10.00 Å². The molecule has 2 rings (SSSR count). The van der Waals surface area contributed by atoms with E-state index in [0.29, 0.717) is 5.75 Å². The van der Waals surface area contributed by atoms with Crippen LogP contribution in [0.3, 0.4) is 0 Å². The van der Waals surface area contributed by atoms with Gasteiger partial charge in [0.25, 0.3) is 5.56 Å². The van der Waals surface area contributed by atoms with Crippen molar-refractivity contribution in [2.45, 2.75) is 13.8 Å². The molecule has 102 valence electrons. The lowest BCUT2D eigenvalue weighted by atomic mass is 10.0. The minimum atomic E-state index is 0.00621. The lowest BCUT2D eigenvalue weighted by Crippen LogP contribution is -2.20. The maximum atomic E-state index is 12.0. The molecule has 0 atom stereocenters. The lowest BCUT2D eigenvalue weighted by molar-refractivity contribution is 0.368. The molecule has 0 amide bonds. The molecule has 0 radical (unpaired) electrons. The van der Waals surface area contributed by atoms with Gasteiger partial charge in [0.1, 0.15) is 11.8 Å². The van der Waals surface area contributed by atoms with Crippen LogP contribution < -0.4 is 10.3 Å². The smallest absolute Gasteiger partial charge is 0.253 e. The highest BCUT2D eigenvalue weighted by molar-refractivity contribution is 5.65. The number of aryl methyl sites for hydroxylation is 2. The summed E-state index contributed by atoms with van der Waals surface area (Å²) in [5.74, 6) is 0.657. The summed E-state index contributed by atoms with van der Waals surface area (Å²) in [5.41, 5.74) is 3.58. The maximum Gasteiger partial charge on any atom is 0.253 e. The number of hydrogen-bond acceptors (Lipinski definition) is 3. The lowest BCUT2D eigenvalue weighted by Gasteiger charge is -2.13. The van der Waals surface area contributed by atoms with Gasteiger partial charge in [-0.05, 0) is 43.7 Å². The van der Waals surface area contributed by atoms with E-state index >= 15 is 0 Å². The number of nitriles is 1. The number of benzene rings is 1. The fourth-order valence-corrected chi connectivity index (χ4v) is 2.16. The molecule has 1 aromatic carbocycles. The van der Waals surface area contributed by atoms with Crippen LogP contribution in [0.5, 0.6) is 5.75 Å². The van der Waals surface area contributed by atoms with Gasteiger partial charge in [0.2, 0.25) is 0 Å². The van der Waals surface area contributed by atoms with Gasteiger partial charge in [-0.15, -0.1) is 0 Å². The van der Waals surface area contributed by atoms with Crippen LogP contribution in [0.15, 0.2) is 35.1 Å². The molecular formula is C16H16N2O2. The van der Waals surface area contributed by atoms with Crippen molar-refractivity contribution in [3.05, 3.63) is 51.8 Å². The molecule has 0 saturated heterocycles. The van der Waals surface area contributed by atoms with Gasteiger partial charge in [-0.1, -0.05) is 6.07 Å². The molecule has 0 spiro atoms. The van der Waals surface area contributed by atoms with Gasteiger partial charge in [-0.2, -0.15) is 5.26 Å². The topological polar surface area (TPSA) is 55.0 Å². The molecule has 2 aromatic rings. The molecule has 0 N–H and O–H groups in total. The van der Waals surface area contributed by atoms with Crippen molar-refractivity contribution in [3.63, 3.8) is 0 Å². The fourth-order valence-electron chi connectivity index (χ4n) is 2.16. The van der Waals surface area contributed by atoms with E-state index in [1.165, 1.54) is 0 Å². The highest BCUT2D eigenvalue weighted by atomic mass is 16.5. The zero-order valence-corrected chi connectivity index (χ0v) is 11.8. The van der Waals surface area contributed by atoms with E-state index in [1.54, 1.807) is 18.5 Å². The molecule has 20 heavy (non-hydrogen) atoms. The molecule has 0 aliphatic heterocycles. The predicted molar refractivity (Wildman–Crippen MR) is 77.7 cm³/mol. The molecule has 0 saturated carbocycles. The van der Waals surface area contributed by atoms with Crippen LogP contribution in [0.1, 0.15) is 11.1 Å². The first-order valence-electron chi connectivity index (χ1n) is 6.32. The van der Waals surface area contributed by atoms with Gasteiger partial charge in [0.15, 0.2) is 6.61 Å². The van der Waals surface area contributed by atoms with Crippen LogP contribution in [0.4, 0.5) is 0 Å². The number of pyridine rings is 1. The Bertz CT molecular complexity index is 739. The van der Waals surface area contributed by atoms with Gasteiger partial charge in [0.05, 0.1) is 5.69 Å². The van der Waals surface area contributed by atoms with Crippen LogP contribution in [-0.4, -0.2) is 11.2 Å². The molecule has 4 heteroatoms. The Morgan fingerprint density at radius 3 is 2.60 bits per heavy atom. The highest BCUT2D eigenvalue weighted by Crippen LogP contribution is 2.26. The van der Waals surface area contributed by atoms with Crippen LogP contribution in [0.2, 0.25) is 0 Å². The van der Waals surface area contributed by atoms with Crippen molar-refractivity contribution >= 4 is 0 Å². The average molecular weight is 268 g/mol. The van der Waals surface area contributed by atoms with Crippen molar-refractivity contribution in [1.29, 1.82) is 5.26 Å². The van der Waals surface area contributed by atoms with Crippen LogP contribution in [0, 0.1) is 25.2 Å². The largest absolute Gasteiger partial charge is 0.479 e. The van der Waals surface area contributed by atoms with Crippen LogP contribution in [0.25, 0.3) is 11.3 Å². The van der Waals surface area contributed by atoms with E-state index in [9.17, 15) is 4.79 Å². The first-order valence-corrected chi connectivity index (χ1v) is 6.32. The first kappa shape index (κ1) is 13.9. The monoisotopic (exact) mass is 268 g/mol. The summed E-state index contributed by atoms with van der Waals surface area (Å²) in [7, 11) is 1.77. The van der Waals surface area contributed by atoms with Gasteiger partial charge in [-0.25, -0.2) is 0 Å². The van der Waals surface area contributed by atoms with Gasteiger partial charge in [-0.3, -0.25) is 4.79 Å². The zero-order valence-electron chi connectivity index (χ0n) is 11.8. The van der Waals surface area contributed by atoms with Crippen molar-refractivity contribution in [2.75, 3.05) is 6.61 Å². The van der Waals surface area contributed by atoms with E-state index in [2.05, 4.69) is 0 Å². The van der Waals surface area contributed by atoms with Gasteiger partial charge < -0.3 is 9.30 Å². The summed E-state index contributed by atoms with van der Waals surface area (Å²) in [6, 6.07) is 11.3. The van der Waals surface area contributed by atoms with E-state index in [1.807, 2.05) is 43.3 Å². The Kier molecular flexibility index (Phi) is 3.90. The molecule has 1 heterocycles. The minimum absolute atomic E-state index is 0.00621. The van der Waals surface area contributed by atoms with Gasteiger partial charge in [0, 0.05) is 18.2 Å². The number of hydrogen-bond donors (Lipinski definition) is 0. The SMILES string of the molecule is Cc1cc(OCC#N)ccc1-c1ccc(C)c(=O)n1C. The van der Waals surface area contributed by atoms with Crippen molar-refractivity contribution in [3.8, 4) is 23.1 Å². The fraction of sp³-hybridized carbons (Fsp3) is 0.250. The highest BCUT2D eigenvalue weighted by Gasteiger charge is 2.08. The molecular weight excluding hydrogens is 252 g/mol. The predicted octanol–water partition coefficient (Wildman–Crippen LogP) is 2.57. The van der Waals surface area contributed by atoms with Crippen LogP contribution in [-0.2, 0) is 7.05 Å². The van der Waals surface area contributed by atoms with E-state index in [-0.39, 0.29) is 12.2 Å². The molecule has 0 fully saturated rings.